The molecular formula is C20H40O4. The van der Waals surface area contributed by atoms with Crippen molar-refractivity contribution in [2.24, 2.45) is 0 Å². The SMILES string of the molecule is CCCCCOC(CCCCC=COCOCC)OCCCCC. The number of allylic oxidation sites excluding steroid dienone is 1. The quantitative estimate of drug-likeness (QED) is 0.168. The van der Waals surface area contributed by atoms with E-state index in [4.69, 9.17) is 18.9 Å². The number of ether oxygens (including phenoxy) is 4. The second-order valence-corrected chi connectivity index (χ2v) is 6.02. The van der Waals surface area contributed by atoms with Crippen molar-refractivity contribution in [3.8, 4) is 0 Å². The van der Waals surface area contributed by atoms with Crippen LogP contribution in [0.4, 0.5) is 0 Å². The first-order valence-electron chi connectivity index (χ1n) is 9.92. The largest absolute Gasteiger partial charge is 0.475 e. The molecule has 24 heavy (non-hydrogen) atoms. The van der Waals surface area contributed by atoms with Crippen LogP contribution in [0.25, 0.3) is 0 Å². The molecule has 4 nitrogen and oxygen atoms in total. The first-order valence-corrected chi connectivity index (χ1v) is 9.92. The fourth-order valence-electron chi connectivity index (χ4n) is 2.23. The summed E-state index contributed by atoms with van der Waals surface area (Å²) in [4.78, 5) is 0. The molecule has 0 aliphatic carbocycles. The van der Waals surface area contributed by atoms with Crippen LogP contribution in [0, 0.1) is 0 Å². The molecule has 0 rings (SSSR count). The van der Waals surface area contributed by atoms with Crippen LogP contribution in [0.2, 0.25) is 0 Å². The Labute approximate surface area is 149 Å². The smallest absolute Gasteiger partial charge is 0.188 e. The minimum Gasteiger partial charge on any atom is -0.475 e. The zero-order valence-electron chi connectivity index (χ0n) is 16.3. The van der Waals surface area contributed by atoms with Crippen LogP contribution in [-0.2, 0) is 18.9 Å². The lowest BCUT2D eigenvalue weighted by Crippen LogP contribution is -2.19. The molecule has 0 aromatic heterocycles. The fraction of sp³-hybridized carbons (Fsp3) is 0.900. The minimum atomic E-state index is -0.0307. The summed E-state index contributed by atoms with van der Waals surface area (Å²) in [5.41, 5.74) is 0. The summed E-state index contributed by atoms with van der Waals surface area (Å²) >= 11 is 0. The Hall–Kier alpha value is -0.580. The highest BCUT2D eigenvalue weighted by atomic mass is 16.7. The second kappa shape index (κ2) is 20.5. The first-order chi connectivity index (χ1) is 11.8. The fourth-order valence-corrected chi connectivity index (χ4v) is 2.23. The summed E-state index contributed by atoms with van der Waals surface area (Å²) in [6.45, 7) is 9.04. The van der Waals surface area contributed by atoms with E-state index in [9.17, 15) is 0 Å². The maximum atomic E-state index is 5.91. The van der Waals surface area contributed by atoms with Crippen molar-refractivity contribution in [2.75, 3.05) is 26.6 Å². The molecule has 0 saturated carbocycles. The van der Waals surface area contributed by atoms with Crippen molar-refractivity contribution in [1.82, 2.24) is 0 Å². The molecule has 0 fully saturated rings. The molecule has 0 N–H and O–H groups in total. The highest BCUT2D eigenvalue weighted by Gasteiger charge is 2.08. The lowest BCUT2D eigenvalue weighted by Gasteiger charge is -2.18. The van der Waals surface area contributed by atoms with E-state index >= 15 is 0 Å². The van der Waals surface area contributed by atoms with Gasteiger partial charge in [-0.25, -0.2) is 0 Å². The molecule has 4 heteroatoms. The summed E-state index contributed by atoms with van der Waals surface area (Å²) in [5, 5.41) is 0. The van der Waals surface area contributed by atoms with Crippen molar-refractivity contribution in [1.29, 1.82) is 0 Å². The monoisotopic (exact) mass is 344 g/mol. The van der Waals surface area contributed by atoms with E-state index in [2.05, 4.69) is 19.9 Å². The average Bonchev–Trinajstić information content (AvgIpc) is 2.60. The molecule has 0 aliphatic heterocycles. The molecule has 0 spiro atoms. The molecule has 0 radical (unpaired) electrons. The Morgan fingerprint density at radius 1 is 0.792 bits per heavy atom. The maximum Gasteiger partial charge on any atom is 0.188 e. The number of hydrogen-bond acceptors (Lipinski definition) is 4. The van der Waals surface area contributed by atoms with Gasteiger partial charge >= 0.3 is 0 Å². The molecule has 0 atom stereocenters. The summed E-state index contributed by atoms with van der Waals surface area (Å²) in [6, 6.07) is 0. The van der Waals surface area contributed by atoms with Crippen molar-refractivity contribution in [2.45, 2.75) is 91.3 Å². The predicted octanol–water partition coefficient (Wildman–Crippen LogP) is 5.81. The Balaban J connectivity index is 3.72. The standard InChI is InChI=1S/C20H40O4/c1-4-7-12-17-23-20(24-18-13-8-5-2)15-11-9-10-14-16-22-19-21-6-3/h14,16,20H,4-13,15,17-19H2,1-3H3. The van der Waals surface area contributed by atoms with Crippen molar-refractivity contribution in [3.05, 3.63) is 12.3 Å². The average molecular weight is 345 g/mol. The van der Waals surface area contributed by atoms with Gasteiger partial charge in [-0.05, 0) is 51.5 Å². The van der Waals surface area contributed by atoms with Gasteiger partial charge in [0, 0.05) is 19.8 Å². The molecule has 144 valence electrons. The van der Waals surface area contributed by atoms with Crippen LogP contribution in [0.5, 0.6) is 0 Å². The molecule has 0 saturated heterocycles. The third kappa shape index (κ3) is 17.8. The van der Waals surface area contributed by atoms with Gasteiger partial charge in [-0.2, -0.15) is 0 Å². The topological polar surface area (TPSA) is 36.9 Å². The van der Waals surface area contributed by atoms with E-state index in [-0.39, 0.29) is 6.29 Å². The van der Waals surface area contributed by atoms with Crippen LogP contribution >= 0.6 is 0 Å². The van der Waals surface area contributed by atoms with E-state index in [1.165, 1.54) is 25.7 Å². The predicted molar refractivity (Wildman–Crippen MR) is 99.9 cm³/mol. The van der Waals surface area contributed by atoms with Crippen molar-refractivity contribution in [3.63, 3.8) is 0 Å². The zero-order valence-corrected chi connectivity index (χ0v) is 16.3. The van der Waals surface area contributed by atoms with Crippen molar-refractivity contribution < 1.29 is 18.9 Å². The van der Waals surface area contributed by atoms with Crippen LogP contribution < -0.4 is 0 Å². The van der Waals surface area contributed by atoms with E-state index in [1.54, 1.807) is 6.26 Å². The molecule has 0 bridgehead atoms. The Morgan fingerprint density at radius 2 is 1.46 bits per heavy atom. The maximum absolute atomic E-state index is 5.91. The van der Waals surface area contributed by atoms with Crippen LogP contribution in [0.1, 0.15) is 85.0 Å². The third-order valence-electron chi connectivity index (χ3n) is 3.71. The van der Waals surface area contributed by atoms with Gasteiger partial charge in [-0.1, -0.05) is 39.5 Å². The Bertz CT molecular complexity index is 244. The normalized spacial score (nSPS) is 11.7. The van der Waals surface area contributed by atoms with Gasteiger partial charge < -0.3 is 18.9 Å². The lowest BCUT2D eigenvalue weighted by molar-refractivity contribution is -0.147. The number of hydrogen-bond donors (Lipinski definition) is 0. The van der Waals surface area contributed by atoms with Gasteiger partial charge in [0.15, 0.2) is 13.1 Å². The molecule has 0 aromatic rings. The highest BCUT2D eigenvalue weighted by Crippen LogP contribution is 2.11. The van der Waals surface area contributed by atoms with Gasteiger partial charge in [0.2, 0.25) is 0 Å². The Morgan fingerprint density at radius 3 is 2.04 bits per heavy atom. The number of rotatable bonds is 19. The summed E-state index contributed by atoms with van der Waals surface area (Å²) < 4.78 is 22.1. The Kier molecular flexibility index (Phi) is 20.0. The van der Waals surface area contributed by atoms with Gasteiger partial charge in [0.1, 0.15) is 0 Å². The van der Waals surface area contributed by atoms with E-state index in [0.29, 0.717) is 13.4 Å². The minimum absolute atomic E-state index is 0.0307. The molecule has 0 aliphatic rings. The van der Waals surface area contributed by atoms with Crippen LogP contribution in [-0.4, -0.2) is 32.9 Å². The van der Waals surface area contributed by atoms with Crippen LogP contribution in [0.15, 0.2) is 12.3 Å². The molecule has 0 heterocycles. The molecule has 0 unspecified atom stereocenters. The number of unbranched alkanes of at least 4 members (excludes halogenated alkanes) is 6. The van der Waals surface area contributed by atoms with E-state index < -0.39 is 0 Å². The van der Waals surface area contributed by atoms with E-state index in [1.807, 2.05) is 6.92 Å². The van der Waals surface area contributed by atoms with Gasteiger partial charge in [-0.15, -0.1) is 0 Å². The summed E-state index contributed by atoms with van der Waals surface area (Å²) in [6.07, 6.45) is 15.2. The second-order valence-electron chi connectivity index (χ2n) is 6.02. The molecule has 0 aromatic carbocycles. The molecule has 0 amide bonds. The van der Waals surface area contributed by atoms with Gasteiger partial charge in [0.25, 0.3) is 0 Å². The van der Waals surface area contributed by atoms with Crippen molar-refractivity contribution >= 4 is 0 Å². The third-order valence-corrected chi connectivity index (χ3v) is 3.71. The first kappa shape index (κ1) is 23.4. The lowest BCUT2D eigenvalue weighted by atomic mass is 10.2. The molecular weight excluding hydrogens is 304 g/mol. The summed E-state index contributed by atoms with van der Waals surface area (Å²) in [5.74, 6) is 0. The van der Waals surface area contributed by atoms with Gasteiger partial charge in [-0.3, -0.25) is 0 Å². The highest BCUT2D eigenvalue weighted by molar-refractivity contribution is 4.72. The van der Waals surface area contributed by atoms with Crippen LogP contribution in [0.3, 0.4) is 0 Å². The summed E-state index contributed by atoms with van der Waals surface area (Å²) in [7, 11) is 0. The van der Waals surface area contributed by atoms with Gasteiger partial charge in [0.05, 0.1) is 6.26 Å². The van der Waals surface area contributed by atoms with E-state index in [0.717, 1.165) is 51.7 Å². The zero-order chi connectivity index (χ0) is 17.7.